The largest absolute Gasteiger partial charge is 0.360 e. The van der Waals surface area contributed by atoms with Crippen molar-refractivity contribution in [3.05, 3.63) is 157 Å². The molecule has 6 aromatic carbocycles. The summed E-state index contributed by atoms with van der Waals surface area (Å²) >= 11 is 1.87. The van der Waals surface area contributed by atoms with Crippen molar-refractivity contribution in [2.45, 2.75) is 6.17 Å². The summed E-state index contributed by atoms with van der Waals surface area (Å²) in [6.45, 7) is 0. The first-order chi connectivity index (χ1) is 20.8. The lowest BCUT2D eigenvalue weighted by molar-refractivity contribution is 0.880. The minimum atomic E-state index is -0.0748. The van der Waals surface area contributed by atoms with Gasteiger partial charge >= 0.3 is 0 Å². The molecule has 1 aliphatic rings. The zero-order valence-electron chi connectivity index (χ0n) is 22.9. The first-order valence-corrected chi connectivity index (χ1v) is 15.1. The highest BCUT2D eigenvalue weighted by Crippen LogP contribution is 2.45. The Hall–Kier alpha value is -5.12. The van der Waals surface area contributed by atoms with Gasteiger partial charge in [0.05, 0.1) is 16.3 Å². The van der Waals surface area contributed by atoms with E-state index in [1.807, 2.05) is 11.3 Å². The van der Waals surface area contributed by atoms with Crippen LogP contribution >= 0.6 is 11.3 Å². The van der Waals surface area contributed by atoms with Crippen LogP contribution in [0, 0.1) is 0 Å². The number of rotatable bonds is 5. The first kappa shape index (κ1) is 24.7. The number of nitrogens with zero attached hydrogens (tertiary/aromatic N) is 1. The van der Waals surface area contributed by atoms with Gasteiger partial charge in [0, 0.05) is 21.3 Å². The highest BCUT2D eigenvalue weighted by molar-refractivity contribution is 7.21. The molecule has 3 heteroatoms. The highest BCUT2D eigenvalue weighted by atomic mass is 32.1. The van der Waals surface area contributed by atoms with Crippen molar-refractivity contribution >= 4 is 55.3 Å². The van der Waals surface area contributed by atoms with E-state index in [-0.39, 0.29) is 6.17 Å². The van der Waals surface area contributed by atoms with Crippen LogP contribution in [0.15, 0.2) is 152 Å². The van der Waals surface area contributed by atoms with Crippen molar-refractivity contribution in [2.75, 3.05) is 10.2 Å². The zero-order chi connectivity index (χ0) is 27.9. The van der Waals surface area contributed by atoms with Gasteiger partial charge in [-0.1, -0.05) is 127 Å². The lowest BCUT2D eigenvalue weighted by Crippen LogP contribution is -2.37. The van der Waals surface area contributed by atoms with Crippen LogP contribution in [0.25, 0.3) is 49.2 Å². The third-order valence-electron chi connectivity index (χ3n) is 8.11. The Balaban J connectivity index is 1.26. The molecule has 200 valence electrons. The Morgan fingerprint density at radius 2 is 1.21 bits per heavy atom. The Morgan fingerprint density at radius 1 is 0.548 bits per heavy atom. The maximum Gasteiger partial charge on any atom is 0.123 e. The fourth-order valence-electron chi connectivity index (χ4n) is 6.08. The van der Waals surface area contributed by atoms with E-state index in [0.717, 1.165) is 11.4 Å². The summed E-state index contributed by atoms with van der Waals surface area (Å²) in [7, 11) is 0. The van der Waals surface area contributed by atoms with Crippen LogP contribution in [0.4, 0.5) is 17.1 Å². The molecule has 0 spiro atoms. The number of thiophene rings is 1. The molecule has 42 heavy (non-hydrogen) atoms. The second kappa shape index (κ2) is 10.4. The van der Waals surface area contributed by atoms with Crippen LogP contribution in [0.5, 0.6) is 0 Å². The van der Waals surface area contributed by atoms with E-state index in [2.05, 4.69) is 168 Å². The standard InChI is InChI=1S/C39H28N2S/c1-3-11-27(12-4-1)28-19-22-31(23-20-28)41(35-18-10-9-16-32(35)29-13-5-2-6-14-29)37-26-25-36-38(40-37)34-24-21-30-15-7-8-17-33(30)39(34)42-36/h1-26,37,40H. The van der Waals surface area contributed by atoms with Crippen molar-refractivity contribution in [1.82, 2.24) is 0 Å². The van der Waals surface area contributed by atoms with E-state index in [4.69, 9.17) is 0 Å². The van der Waals surface area contributed by atoms with Gasteiger partial charge in [0.2, 0.25) is 0 Å². The molecule has 0 saturated carbocycles. The highest BCUT2D eigenvalue weighted by Gasteiger charge is 2.26. The summed E-state index contributed by atoms with van der Waals surface area (Å²) in [6.07, 6.45) is 4.52. The first-order valence-electron chi connectivity index (χ1n) is 14.3. The van der Waals surface area contributed by atoms with Gasteiger partial charge in [-0.2, -0.15) is 0 Å². The molecule has 0 radical (unpaired) electrons. The number of hydrogen-bond acceptors (Lipinski definition) is 3. The normalized spacial score (nSPS) is 14.0. The summed E-state index contributed by atoms with van der Waals surface area (Å²) in [4.78, 5) is 3.70. The molecule has 0 fully saturated rings. The number of benzene rings is 6. The Kier molecular flexibility index (Phi) is 6.09. The van der Waals surface area contributed by atoms with Crippen LogP contribution in [0.1, 0.15) is 4.88 Å². The molecule has 1 aliphatic heterocycles. The third-order valence-corrected chi connectivity index (χ3v) is 9.31. The Morgan fingerprint density at radius 3 is 2.02 bits per heavy atom. The van der Waals surface area contributed by atoms with Gasteiger partial charge < -0.3 is 10.2 Å². The molecule has 0 amide bonds. The summed E-state index contributed by atoms with van der Waals surface area (Å²) in [5.41, 5.74) is 8.33. The smallest absolute Gasteiger partial charge is 0.123 e. The molecular formula is C39H28N2S. The molecule has 0 aliphatic carbocycles. The second-order valence-electron chi connectivity index (χ2n) is 10.6. The van der Waals surface area contributed by atoms with E-state index < -0.39 is 0 Å². The summed E-state index contributed by atoms with van der Waals surface area (Å²) in [5, 5.41) is 7.82. The summed E-state index contributed by atoms with van der Waals surface area (Å²) in [6, 6.07) is 52.1. The number of fused-ring (bicyclic) bond motifs is 5. The third kappa shape index (κ3) is 4.27. The summed E-state index contributed by atoms with van der Waals surface area (Å²) < 4.78 is 1.33. The summed E-state index contributed by atoms with van der Waals surface area (Å²) in [5.74, 6) is 0. The van der Waals surface area contributed by atoms with E-state index in [1.54, 1.807) is 0 Å². The molecule has 2 heterocycles. The second-order valence-corrected chi connectivity index (χ2v) is 11.7. The maximum absolute atomic E-state index is 3.96. The van der Waals surface area contributed by atoms with Crippen molar-refractivity contribution in [2.24, 2.45) is 0 Å². The van der Waals surface area contributed by atoms with Crippen LogP contribution < -0.4 is 10.2 Å². The maximum atomic E-state index is 3.96. The zero-order valence-corrected chi connectivity index (χ0v) is 23.8. The number of anilines is 3. The molecule has 1 aromatic heterocycles. The van der Waals surface area contributed by atoms with Gasteiger partial charge in [-0.15, -0.1) is 11.3 Å². The van der Waals surface area contributed by atoms with Gasteiger partial charge in [0.15, 0.2) is 0 Å². The minimum absolute atomic E-state index is 0.0748. The number of nitrogens with one attached hydrogen (secondary N) is 1. The lowest BCUT2D eigenvalue weighted by atomic mass is 10.0. The molecule has 2 nitrogen and oxygen atoms in total. The van der Waals surface area contributed by atoms with Crippen molar-refractivity contribution in [1.29, 1.82) is 0 Å². The molecule has 8 rings (SSSR count). The van der Waals surface area contributed by atoms with Crippen LogP contribution in [0.3, 0.4) is 0 Å². The topological polar surface area (TPSA) is 15.3 Å². The van der Waals surface area contributed by atoms with Gasteiger partial charge in [-0.05, 0) is 57.8 Å². The number of para-hydroxylation sites is 1. The average Bonchev–Trinajstić information content (AvgIpc) is 3.45. The van der Waals surface area contributed by atoms with Crippen molar-refractivity contribution < 1.29 is 0 Å². The van der Waals surface area contributed by atoms with Gasteiger partial charge in [-0.3, -0.25) is 0 Å². The molecule has 1 unspecified atom stereocenters. The van der Waals surface area contributed by atoms with Crippen LogP contribution in [0.2, 0.25) is 0 Å². The lowest BCUT2D eigenvalue weighted by Gasteiger charge is -2.36. The predicted octanol–water partition coefficient (Wildman–Crippen LogP) is 11.0. The van der Waals surface area contributed by atoms with E-state index in [1.165, 1.54) is 53.7 Å². The SMILES string of the molecule is C1=CC(N(c2ccc(-c3ccccc3)cc2)c2ccccc2-c2ccccc2)Nc2c1sc1c2ccc2ccccc21. The molecule has 1 atom stereocenters. The average molecular weight is 557 g/mol. The van der Waals surface area contributed by atoms with Gasteiger partial charge in [-0.25, -0.2) is 0 Å². The fourth-order valence-corrected chi connectivity index (χ4v) is 7.29. The molecule has 7 aromatic rings. The van der Waals surface area contributed by atoms with Gasteiger partial charge in [0.1, 0.15) is 6.17 Å². The van der Waals surface area contributed by atoms with Crippen LogP contribution in [-0.2, 0) is 0 Å². The quantitative estimate of drug-likeness (QED) is 0.227. The van der Waals surface area contributed by atoms with E-state index in [0.29, 0.717) is 0 Å². The van der Waals surface area contributed by atoms with Crippen molar-refractivity contribution in [3.63, 3.8) is 0 Å². The van der Waals surface area contributed by atoms with Gasteiger partial charge in [0.25, 0.3) is 0 Å². The monoisotopic (exact) mass is 556 g/mol. The molecular weight excluding hydrogens is 529 g/mol. The fraction of sp³-hybridized carbons (Fsp3) is 0.0256. The predicted molar refractivity (Wildman–Crippen MR) is 182 cm³/mol. The van der Waals surface area contributed by atoms with E-state index >= 15 is 0 Å². The van der Waals surface area contributed by atoms with Crippen molar-refractivity contribution in [3.8, 4) is 22.3 Å². The Labute approximate surface area is 249 Å². The van der Waals surface area contributed by atoms with E-state index in [9.17, 15) is 0 Å². The minimum Gasteiger partial charge on any atom is -0.360 e. The number of hydrogen-bond donors (Lipinski definition) is 1. The molecule has 0 saturated heterocycles. The molecule has 1 N–H and O–H groups in total. The Bertz CT molecular complexity index is 2060. The molecule has 0 bridgehead atoms. The van der Waals surface area contributed by atoms with Crippen LogP contribution in [-0.4, -0.2) is 6.17 Å².